The van der Waals surface area contributed by atoms with Crippen molar-refractivity contribution in [2.75, 3.05) is 4.90 Å². The minimum absolute atomic E-state index is 0.147. The van der Waals surface area contributed by atoms with Crippen molar-refractivity contribution in [1.29, 1.82) is 0 Å². The van der Waals surface area contributed by atoms with E-state index in [-0.39, 0.29) is 5.41 Å². The molecule has 0 N–H and O–H groups in total. The maximum Gasteiger partial charge on any atom is 0.164 e. The van der Waals surface area contributed by atoms with Gasteiger partial charge in [-0.15, -0.1) is 0 Å². The summed E-state index contributed by atoms with van der Waals surface area (Å²) in [5.74, 6) is 1.82. The van der Waals surface area contributed by atoms with E-state index in [9.17, 15) is 0 Å². The predicted molar refractivity (Wildman–Crippen MR) is 241 cm³/mol. The van der Waals surface area contributed by atoms with Gasteiger partial charge in [-0.25, -0.2) is 15.0 Å². The Hall–Kier alpha value is -7.63. The second kappa shape index (κ2) is 13.8. The summed E-state index contributed by atoms with van der Waals surface area (Å²) in [7, 11) is 0. The van der Waals surface area contributed by atoms with Gasteiger partial charge in [0.05, 0.1) is 5.69 Å². The average Bonchev–Trinajstić information content (AvgIpc) is 3.79. The molecular formula is C54H38N4O. The van der Waals surface area contributed by atoms with E-state index in [1.807, 2.05) is 72.8 Å². The minimum Gasteiger partial charge on any atom is -0.456 e. The number of hydrogen-bond donors (Lipinski definition) is 0. The third kappa shape index (κ3) is 5.81. The molecule has 1 aliphatic rings. The zero-order valence-corrected chi connectivity index (χ0v) is 32.7. The molecule has 10 aromatic rings. The lowest BCUT2D eigenvalue weighted by atomic mass is 9.82. The van der Waals surface area contributed by atoms with Crippen LogP contribution < -0.4 is 4.90 Å². The quantitative estimate of drug-likeness (QED) is 0.162. The normalized spacial score (nSPS) is 12.7. The van der Waals surface area contributed by atoms with Crippen molar-refractivity contribution < 1.29 is 4.42 Å². The van der Waals surface area contributed by atoms with E-state index in [4.69, 9.17) is 19.4 Å². The SMILES string of the molecule is CC1(C)c2ccccc2-c2c(N(c3ccc(-c4ccccc4)cc3)c3ccc4oc5cccc(-c6nc(-c7ccccc7)nc(-c7ccccc7)n6)c5c4c3)cccc21. The van der Waals surface area contributed by atoms with E-state index in [1.165, 1.54) is 33.4 Å². The van der Waals surface area contributed by atoms with Crippen LogP contribution in [0.4, 0.5) is 17.1 Å². The fourth-order valence-corrected chi connectivity index (χ4v) is 8.85. The lowest BCUT2D eigenvalue weighted by Crippen LogP contribution is -2.16. The van der Waals surface area contributed by atoms with Crippen LogP contribution in [0.25, 0.3) is 78.4 Å². The van der Waals surface area contributed by atoms with Gasteiger partial charge in [-0.05, 0) is 70.3 Å². The third-order valence-electron chi connectivity index (χ3n) is 11.7. The van der Waals surface area contributed by atoms with Crippen LogP contribution in [-0.4, -0.2) is 15.0 Å². The highest BCUT2D eigenvalue weighted by molar-refractivity contribution is 6.13. The number of anilines is 3. The van der Waals surface area contributed by atoms with Crippen LogP contribution in [0, 0.1) is 0 Å². The Morgan fingerprint density at radius 1 is 0.424 bits per heavy atom. The number of benzene rings is 8. The number of aromatic nitrogens is 3. The van der Waals surface area contributed by atoms with Crippen LogP contribution in [0.1, 0.15) is 25.0 Å². The first-order valence-corrected chi connectivity index (χ1v) is 20.0. The molecule has 0 saturated carbocycles. The van der Waals surface area contributed by atoms with Crippen molar-refractivity contribution >= 4 is 39.0 Å². The standard InChI is InChI=1S/C54H38N4O/c1-54(2)44-24-13-12-22-41(44)50-45(54)25-15-26-46(50)58(39-30-28-36(29-31-39)35-16-6-3-7-17-35)40-32-33-47-43(34-40)49-42(23-14-27-48(49)59-47)53-56-51(37-18-8-4-9-19-37)55-52(57-53)38-20-10-5-11-21-38/h3-34H,1-2H3. The molecule has 11 rings (SSSR count). The van der Waals surface area contributed by atoms with Gasteiger partial charge in [0.15, 0.2) is 17.5 Å². The number of hydrogen-bond acceptors (Lipinski definition) is 5. The number of rotatable bonds is 7. The number of furan rings is 1. The molecule has 0 spiro atoms. The van der Waals surface area contributed by atoms with Gasteiger partial charge in [0.2, 0.25) is 0 Å². The topological polar surface area (TPSA) is 55.1 Å². The Morgan fingerprint density at radius 2 is 0.966 bits per heavy atom. The van der Waals surface area contributed by atoms with Gasteiger partial charge >= 0.3 is 0 Å². The van der Waals surface area contributed by atoms with Crippen LogP contribution in [-0.2, 0) is 5.41 Å². The van der Waals surface area contributed by atoms with Crippen molar-refractivity contribution in [2.24, 2.45) is 0 Å². The molecule has 0 fully saturated rings. The van der Waals surface area contributed by atoms with E-state index in [2.05, 4.69) is 140 Å². The second-order valence-electron chi connectivity index (χ2n) is 15.6. The van der Waals surface area contributed by atoms with Crippen molar-refractivity contribution in [1.82, 2.24) is 15.0 Å². The van der Waals surface area contributed by atoms with Gasteiger partial charge in [-0.3, -0.25) is 0 Å². The van der Waals surface area contributed by atoms with Crippen LogP contribution >= 0.6 is 0 Å². The Bertz CT molecular complexity index is 3120. The molecule has 8 aromatic carbocycles. The highest BCUT2D eigenvalue weighted by Crippen LogP contribution is 2.54. The summed E-state index contributed by atoms with van der Waals surface area (Å²) in [6.45, 7) is 4.67. The van der Waals surface area contributed by atoms with E-state index in [0.29, 0.717) is 17.5 Å². The zero-order valence-electron chi connectivity index (χ0n) is 32.7. The first kappa shape index (κ1) is 34.6. The molecule has 0 amide bonds. The molecule has 0 atom stereocenters. The summed E-state index contributed by atoms with van der Waals surface area (Å²) in [4.78, 5) is 17.6. The van der Waals surface area contributed by atoms with Crippen LogP contribution in [0.15, 0.2) is 199 Å². The summed E-state index contributed by atoms with van der Waals surface area (Å²) in [5, 5.41) is 1.94. The Balaban J connectivity index is 1.13. The lowest BCUT2D eigenvalue weighted by molar-refractivity contribution is 0.660. The largest absolute Gasteiger partial charge is 0.456 e. The van der Waals surface area contributed by atoms with E-state index < -0.39 is 0 Å². The molecule has 0 radical (unpaired) electrons. The Morgan fingerprint density at radius 3 is 1.66 bits per heavy atom. The smallest absolute Gasteiger partial charge is 0.164 e. The molecule has 5 nitrogen and oxygen atoms in total. The van der Waals surface area contributed by atoms with Gasteiger partial charge in [0, 0.05) is 49.8 Å². The van der Waals surface area contributed by atoms with E-state index in [0.717, 1.165) is 55.7 Å². The van der Waals surface area contributed by atoms with Crippen LogP contribution in [0.3, 0.4) is 0 Å². The molecule has 0 bridgehead atoms. The fraction of sp³-hybridized carbons (Fsp3) is 0.0556. The van der Waals surface area contributed by atoms with Gasteiger partial charge in [-0.1, -0.05) is 166 Å². The maximum absolute atomic E-state index is 6.61. The first-order chi connectivity index (χ1) is 29.0. The van der Waals surface area contributed by atoms with Gasteiger partial charge < -0.3 is 9.32 Å². The molecule has 5 heteroatoms. The summed E-state index contributed by atoms with van der Waals surface area (Å²) in [6, 6.07) is 67.9. The monoisotopic (exact) mass is 758 g/mol. The summed E-state index contributed by atoms with van der Waals surface area (Å²) in [5.41, 5.74) is 14.9. The van der Waals surface area contributed by atoms with Crippen molar-refractivity contribution in [3.8, 4) is 56.4 Å². The second-order valence-corrected chi connectivity index (χ2v) is 15.6. The molecule has 2 heterocycles. The highest BCUT2D eigenvalue weighted by Gasteiger charge is 2.37. The van der Waals surface area contributed by atoms with E-state index in [1.54, 1.807) is 0 Å². The molecule has 0 aliphatic heterocycles. The maximum atomic E-state index is 6.61. The summed E-state index contributed by atoms with van der Waals surface area (Å²) in [6.07, 6.45) is 0. The zero-order chi connectivity index (χ0) is 39.5. The van der Waals surface area contributed by atoms with Crippen molar-refractivity contribution in [3.05, 3.63) is 205 Å². The van der Waals surface area contributed by atoms with Crippen LogP contribution in [0.2, 0.25) is 0 Å². The van der Waals surface area contributed by atoms with Gasteiger partial charge in [0.1, 0.15) is 11.2 Å². The summed E-state index contributed by atoms with van der Waals surface area (Å²) < 4.78 is 6.61. The van der Waals surface area contributed by atoms with Gasteiger partial charge in [0.25, 0.3) is 0 Å². The fourth-order valence-electron chi connectivity index (χ4n) is 8.85. The van der Waals surface area contributed by atoms with Crippen molar-refractivity contribution in [3.63, 3.8) is 0 Å². The lowest BCUT2D eigenvalue weighted by Gasteiger charge is -2.29. The molecule has 2 aromatic heterocycles. The molecule has 0 unspecified atom stereocenters. The third-order valence-corrected chi connectivity index (χ3v) is 11.7. The predicted octanol–water partition coefficient (Wildman–Crippen LogP) is 14.2. The average molecular weight is 759 g/mol. The summed E-state index contributed by atoms with van der Waals surface area (Å²) >= 11 is 0. The van der Waals surface area contributed by atoms with Crippen molar-refractivity contribution in [2.45, 2.75) is 19.3 Å². The van der Waals surface area contributed by atoms with Gasteiger partial charge in [-0.2, -0.15) is 0 Å². The first-order valence-electron chi connectivity index (χ1n) is 20.0. The molecule has 0 saturated heterocycles. The highest BCUT2D eigenvalue weighted by atomic mass is 16.3. The molecular weight excluding hydrogens is 721 g/mol. The Kier molecular flexibility index (Phi) is 8.09. The number of nitrogens with zero attached hydrogens (tertiary/aromatic N) is 4. The Labute approximate surface area is 342 Å². The molecule has 280 valence electrons. The molecule has 59 heavy (non-hydrogen) atoms. The number of fused-ring (bicyclic) bond motifs is 6. The minimum atomic E-state index is -0.147. The van der Waals surface area contributed by atoms with Crippen LogP contribution in [0.5, 0.6) is 0 Å². The molecule has 1 aliphatic carbocycles. The van der Waals surface area contributed by atoms with E-state index >= 15 is 0 Å².